The zero-order valence-corrected chi connectivity index (χ0v) is 28.4. The summed E-state index contributed by atoms with van der Waals surface area (Å²) in [6.45, 7) is 3.94. The third-order valence-corrected chi connectivity index (χ3v) is 7.69. The van der Waals surface area contributed by atoms with Crippen molar-refractivity contribution in [1.82, 2.24) is 26.6 Å². The summed E-state index contributed by atoms with van der Waals surface area (Å²) in [5.41, 5.74) is 5.49. The van der Waals surface area contributed by atoms with Gasteiger partial charge in [-0.3, -0.25) is 38.4 Å². The molecule has 290 valence electrons. The number of nitrogens with two attached hydrogens (primary N) is 1. The van der Waals surface area contributed by atoms with Crippen molar-refractivity contribution >= 4 is 47.4 Å². The van der Waals surface area contributed by atoms with Crippen LogP contribution in [0.5, 0.6) is 0 Å². The summed E-state index contributed by atoms with van der Waals surface area (Å²) in [6, 6.07) is -8.49. The van der Waals surface area contributed by atoms with Gasteiger partial charge in [-0.25, -0.2) is 0 Å². The van der Waals surface area contributed by atoms with Crippen molar-refractivity contribution in [2.45, 2.75) is 127 Å². The number of carboxylic acid groups (broad SMARTS) is 3. The van der Waals surface area contributed by atoms with Crippen LogP contribution in [0, 0.1) is 0 Å². The van der Waals surface area contributed by atoms with Gasteiger partial charge in [0.05, 0.1) is 6.61 Å². The molecule has 51 heavy (non-hydrogen) atoms. The quantitative estimate of drug-likeness (QED) is 0.0524. The first kappa shape index (κ1) is 44.5. The van der Waals surface area contributed by atoms with Gasteiger partial charge < -0.3 is 72.4 Å². The molecule has 22 heteroatoms. The van der Waals surface area contributed by atoms with Gasteiger partial charge in [0.2, 0.25) is 29.5 Å². The zero-order chi connectivity index (χ0) is 39.2. The maximum atomic E-state index is 13.3. The van der Waals surface area contributed by atoms with Gasteiger partial charge in [0.25, 0.3) is 0 Å². The Labute approximate surface area is 291 Å². The fourth-order valence-electron chi connectivity index (χ4n) is 4.74. The minimum absolute atomic E-state index is 0.0150. The highest BCUT2D eigenvalue weighted by Crippen LogP contribution is 2.24. The van der Waals surface area contributed by atoms with Crippen molar-refractivity contribution < 1.29 is 78.5 Å². The average molecular weight is 737 g/mol. The first-order chi connectivity index (χ1) is 23.7. The number of rotatable bonds is 21. The van der Waals surface area contributed by atoms with Crippen LogP contribution in [-0.2, 0) is 47.8 Å². The number of hydrogen-bond acceptors (Lipinski definition) is 14. The second-order valence-electron chi connectivity index (χ2n) is 11.9. The van der Waals surface area contributed by atoms with Crippen molar-refractivity contribution in [1.29, 1.82) is 0 Å². The molecule has 11 atom stereocenters. The van der Waals surface area contributed by atoms with Crippen molar-refractivity contribution in [2.24, 2.45) is 5.73 Å². The highest BCUT2D eigenvalue weighted by Gasteiger charge is 2.47. The molecule has 0 aromatic carbocycles. The summed E-state index contributed by atoms with van der Waals surface area (Å²) in [5, 5.41) is 69.1. The highest BCUT2D eigenvalue weighted by atomic mass is 16.6. The Balaban J connectivity index is 3.07. The molecule has 5 amide bonds. The number of aliphatic hydroxyl groups is 3. The molecule has 22 nitrogen and oxygen atoms in total. The van der Waals surface area contributed by atoms with Gasteiger partial charge in [0.1, 0.15) is 60.7 Å². The Hall–Kier alpha value is -4.48. The largest absolute Gasteiger partial charge is 0.481 e. The molecule has 1 heterocycles. The van der Waals surface area contributed by atoms with Crippen molar-refractivity contribution in [3.63, 3.8) is 0 Å². The Bertz CT molecular complexity index is 1270. The molecule has 1 fully saturated rings. The van der Waals surface area contributed by atoms with Gasteiger partial charge in [-0.15, -0.1) is 0 Å². The smallest absolute Gasteiger partial charge is 0.325 e. The fraction of sp³-hybridized carbons (Fsp3) is 0.724. The van der Waals surface area contributed by atoms with E-state index in [1.165, 1.54) is 13.8 Å². The maximum Gasteiger partial charge on any atom is 0.325 e. The van der Waals surface area contributed by atoms with Crippen molar-refractivity contribution in [3.05, 3.63) is 0 Å². The van der Waals surface area contributed by atoms with E-state index in [0.717, 1.165) is 13.8 Å². The molecule has 1 aliphatic heterocycles. The number of amides is 5. The summed E-state index contributed by atoms with van der Waals surface area (Å²) >= 11 is 0. The molecule has 0 bridgehead atoms. The van der Waals surface area contributed by atoms with Crippen LogP contribution in [0.1, 0.15) is 59.8 Å². The molecule has 0 aromatic heterocycles. The van der Waals surface area contributed by atoms with Crippen molar-refractivity contribution in [3.8, 4) is 0 Å². The third-order valence-electron chi connectivity index (χ3n) is 7.69. The molecule has 0 spiro atoms. The van der Waals surface area contributed by atoms with Gasteiger partial charge in [-0.1, -0.05) is 0 Å². The van der Waals surface area contributed by atoms with E-state index in [-0.39, 0.29) is 19.3 Å². The summed E-state index contributed by atoms with van der Waals surface area (Å²) < 4.78 is 10.7. The molecule has 0 aliphatic carbocycles. The van der Waals surface area contributed by atoms with Gasteiger partial charge >= 0.3 is 17.9 Å². The number of nitrogens with one attached hydrogen (secondary N) is 5. The van der Waals surface area contributed by atoms with Crippen LogP contribution >= 0.6 is 0 Å². The van der Waals surface area contributed by atoms with E-state index in [1.807, 2.05) is 0 Å². The monoisotopic (exact) mass is 736 g/mol. The lowest BCUT2D eigenvalue weighted by molar-refractivity contribution is -0.266. The molecular formula is C29H48N6O16. The first-order valence-corrected chi connectivity index (χ1v) is 15.9. The van der Waals surface area contributed by atoms with Gasteiger partial charge in [0, 0.05) is 13.3 Å². The number of hydrogen-bond donors (Lipinski definition) is 12. The summed E-state index contributed by atoms with van der Waals surface area (Å²) in [6.07, 6.45) is -9.07. The summed E-state index contributed by atoms with van der Waals surface area (Å²) in [4.78, 5) is 97.4. The number of ether oxygens (including phenoxy) is 2. The normalized spacial score (nSPS) is 23.6. The van der Waals surface area contributed by atoms with E-state index in [9.17, 15) is 58.8 Å². The van der Waals surface area contributed by atoms with E-state index in [0.29, 0.717) is 0 Å². The van der Waals surface area contributed by atoms with Crippen LogP contribution in [0.25, 0.3) is 0 Å². The lowest BCUT2D eigenvalue weighted by Gasteiger charge is -2.43. The lowest BCUT2D eigenvalue weighted by Crippen LogP contribution is -2.65. The molecule has 1 saturated heterocycles. The minimum atomic E-state index is -1.73. The Morgan fingerprint density at radius 3 is 1.84 bits per heavy atom. The predicted molar refractivity (Wildman–Crippen MR) is 169 cm³/mol. The number of carboxylic acids is 3. The van der Waals surface area contributed by atoms with Gasteiger partial charge in [-0.05, 0) is 46.5 Å². The lowest BCUT2D eigenvalue weighted by atomic mass is 9.96. The summed E-state index contributed by atoms with van der Waals surface area (Å²) in [7, 11) is 0. The zero-order valence-electron chi connectivity index (χ0n) is 28.4. The Kier molecular flexibility index (Phi) is 18.4. The fourth-order valence-corrected chi connectivity index (χ4v) is 4.74. The molecule has 11 unspecified atom stereocenters. The summed E-state index contributed by atoms with van der Waals surface area (Å²) in [5.74, 6) is -8.65. The standard InChI is InChI=1S/C29H48N6O16/c1-11(31-24(42)13(3)50-22-20(33-14(4)37)29(49)51-18(10-36)21(22)40)23(41)34-17(8-9-19(38)39)26(44)35-16(7-5-6-15(30)28(47)48)25(43)32-12(2)27(45)46/h11-13,15-18,20-22,29,36,40,49H,5-10,30H2,1-4H3,(H,31,42)(H,32,43)(H,33,37)(H,34,41)(H,35,44)(H,38,39)(H,45,46)(H,47,48). The van der Waals surface area contributed by atoms with E-state index in [2.05, 4.69) is 26.6 Å². The molecule has 1 rings (SSSR count). The maximum absolute atomic E-state index is 13.3. The molecular weight excluding hydrogens is 688 g/mol. The van der Waals surface area contributed by atoms with Crippen LogP contribution in [0.4, 0.5) is 0 Å². The van der Waals surface area contributed by atoms with Crippen molar-refractivity contribution in [2.75, 3.05) is 6.61 Å². The second-order valence-corrected chi connectivity index (χ2v) is 11.9. The third kappa shape index (κ3) is 14.7. The molecule has 0 aromatic rings. The van der Waals surface area contributed by atoms with E-state index in [1.54, 1.807) is 0 Å². The molecule has 0 saturated carbocycles. The van der Waals surface area contributed by atoms with E-state index in [4.69, 9.17) is 25.4 Å². The Morgan fingerprint density at radius 1 is 0.765 bits per heavy atom. The number of aliphatic carboxylic acids is 3. The molecule has 13 N–H and O–H groups in total. The molecule has 0 radical (unpaired) electrons. The van der Waals surface area contributed by atoms with Gasteiger partial charge in [-0.2, -0.15) is 0 Å². The minimum Gasteiger partial charge on any atom is -0.481 e. The van der Waals surface area contributed by atoms with E-state index < -0.39 is 134 Å². The van der Waals surface area contributed by atoms with Gasteiger partial charge in [0.15, 0.2) is 6.29 Å². The topological polar surface area (TPSA) is 363 Å². The van der Waals surface area contributed by atoms with Crippen LogP contribution in [0.3, 0.4) is 0 Å². The predicted octanol–water partition coefficient (Wildman–Crippen LogP) is -5.15. The first-order valence-electron chi connectivity index (χ1n) is 15.9. The van der Waals surface area contributed by atoms with Crippen LogP contribution in [0.2, 0.25) is 0 Å². The van der Waals surface area contributed by atoms with Crippen LogP contribution < -0.4 is 32.3 Å². The SMILES string of the molecule is CC(=O)NC1C(O)OC(CO)C(O)C1OC(C)C(=O)NC(C)C(=O)NC(CCC(=O)O)C(=O)NC(CCCC(N)C(=O)O)C(=O)NC(C)C(=O)O. The van der Waals surface area contributed by atoms with Crippen LogP contribution in [-0.4, -0.2) is 152 Å². The Morgan fingerprint density at radius 2 is 1.31 bits per heavy atom. The number of carbonyl (C=O) groups excluding carboxylic acids is 5. The number of carbonyl (C=O) groups is 8. The number of aliphatic hydroxyl groups excluding tert-OH is 3. The van der Waals surface area contributed by atoms with E-state index >= 15 is 0 Å². The second kappa shape index (κ2) is 21.0. The van der Waals surface area contributed by atoms with Crippen LogP contribution in [0.15, 0.2) is 0 Å². The molecule has 1 aliphatic rings. The average Bonchev–Trinajstić information content (AvgIpc) is 3.04. The highest BCUT2D eigenvalue weighted by molar-refractivity contribution is 5.95.